The van der Waals surface area contributed by atoms with E-state index in [1.165, 1.54) is 0 Å². The second kappa shape index (κ2) is 10.5. The van der Waals surface area contributed by atoms with Crippen molar-refractivity contribution in [2.45, 2.75) is 18.1 Å². The Morgan fingerprint density at radius 2 is 1.78 bits per heavy atom. The molecule has 1 rings (SSSR count). The third-order valence-electron chi connectivity index (χ3n) is 2.62. The number of hydrogen-bond donors (Lipinski definition) is 2. The summed E-state index contributed by atoms with van der Waals surface area (Å²) in [5.74, 6) is -2.01. The van der Waals surface area contributed by atoms with E-state index in [0.717, 1.165) is 11.8 Å². The standard InChI is InChI=1S/C15H18O7S/c16-13(17)10-12(15(19)20)23-9-6-14(18)22-8-7-21-11-4-2-1-3-5-11/h1-5,12H,6-10H2,(H,16,17)(H,19,20). The Hall–Kier alpha value is -2.22. The molecular formula is C15H18O7S. The monoisotopic (exact) mass is 342 g/mol. The van der Waals surface area contributed by atoms with Crippen LogP contribution in [0.3, 0.4) is 0 Å². The molecule has 0 saturated heterocycles. The Bertz CT molecular complexity index is 518. The molecule has 0 radical (unpaired) electrons. The van der Waals surface area contributed by atoms with Crippen molar-refractivity contribution in [3.8, 4) is 5.75 Å². The highest BCUT2D eigenvalue weighted by Crippen LogP contribution is 2.16. The second-order valence-electron chi connectivity index (χ2n) is 4.43. The van der Waals surface area contributed by atoms with Gasteiger partial charge in [0.2, 0.25) is 0 Å². The van der Waals surface area contributed by atoms with Crippen LogP contribution in [0.4, 0.5) is 0 Å². The largest absolute Gasteiger partial charge is 0.490 e. The molecule has 0 aliphatic carbocycles. The first-order chi connectivity index (χ1) is 11.0. The third kappa shape index (κ3) is 8.72. The first-order valence-electron chi connectivity index (χ1n) is 6.88. The van der Waals surface area contributed by atoms with Gasteiger partial charge >= 0.3 is 17.9 Å². The fourth-order valence-corrected chi connectivity index (χ4v) is 2.54. The van der Waals surface area contributed by atoms with Gasteiger partial charge in [-0.3, -0.25) is 14.4 Å². The van der Waals surface area contributed by atoms with Gasteiger partial charge in [0.25, 0.3) is 0 Å². The van der Waals surface area contributed by atoms with Gasteiger partial charge in [-0.25, -0.2) is 0 Å². The topological polar surface area (TPSA) is 110 Å². The van der Waals surface area contributed by atoms with E-state index in [4.69, 9.17) is 19.7 Å². The summed E-state index contributed by atoms with van der Waals surface area (Å²) in [5, 5.41) is 16.4. The zero-order valence-corrected chi connectivity index (χ0v) is 13.2. The number of carboxylic acid groups (broad SMARTS) is 2. The maximum absolute atomic E-state index is 11.5. The van der Waals surface area contributed by atoms with Crippen molar-refractivity contribution in [3.63, 3.8) is 0 Å². The van der Waals surface area contributed by atoms with E-state index >= 15 is 0 Å². The highest BCUT2D eigenvalue weighted by atomic mass is 32.2. The fraction of sp³-hybridized carbons (Fsp3) is 0.400. The molecule has 1 aromatic carbocycles. The Labute approximate surface area is 137 Å². The van der Waals surface area contributed by atoms with Crippen molar-refractivity contribution in [1.29, 1.82) is 0 Å². The molecule has 0 spiro atoms. The summed E-state index contributed by atoms with van der Waals surface area (Å²) in [6.45, 7) is 0.315. The van der Waals surface area contributed by atoms with E-state index in [1.807, 2.05) is 18.2 Å². The number of hydrogen-bond acceptors (Lipinski definition) is 6. The third-order valence-corrected chi connectivity index (χ3v) is 3.83. The van der Waals surface area contributed by atoms with Crippen LogP contribution in [-0.2, 0) is 19.1 Å². The van der Waals surface area contributed by atoms with Gasteiger partial charge in [-0.15, -0.1) is 11.8 Å². The summed E-state index contributed by atoms with van der Waals surface area (Å²) < 4.78 is 10.3. The predicted octanol–water partition coefficient (Wildman–Crippen LogP) is 1.66. The predicted molar refractivity (Wildman–Crippen MR) is 83.6 cm³/mol. The molecule has 0 fully saturated rings. The second-order valence-corrected chi connectivity index (χ2v) is 5.74. The van der Waals surface area contributed by atoms with Crippen LogP contribution < -0.4 is 4.74 Å². The minimum atomic E-state index is -1.21. The van der Waals surface area contributed by atoms with Gasteiger partial charge in [0, 0.05) is 5.75 Å². The van der Waals surface area contributed by atoms with Crippen molar-refractivity contribution in [2.75, 3.05) is 19.0 Å². The molecule has 2 N–H and O–H groups in total. The van der Waals surface area contributed by atoms with E-state index in [2.05, 4.69) is 0 Å². The molecular weight excluding hydrogens is 324 g/mol. The number of carbonyl (C=O) groups excluding carboxylic acids is 1. The number of para-hydroxylation sites is 1. The average Bonchev–Trinajstić information content (AvgIpc) is 2.51. The van der Waals surface area contributed by atoms with Gasteiger partial charge in [0.15, 0.2) is 0 Å². The number of ether oxygens (including phenoxy) is 2. The van der Waals surface area contributed by atoms with Gasteiger partial charge in [0.1, 0.15) is 24.2 Å². The maximum atomic E-state index is 11.5. The lowest BCUT2D eigenvalue weighted by atomic mass is 10.3. The van der Waals surface area contributed by atoms with Crippen LogP contribution in [0.1, 0.15) is 12.8 Å². The van der Waals surface area contributed by atoms with Crippen molar-refractivity contribution in [2.24, 2.45) is 0 Å². The van der Waals surface area contributed by atoms with E-state index in [0.29, 0.717) is 5.75 Å². The van der Waals surface area contributed by atoms with Gasteiger partial charge in [-0.05, 0) is 12.1 Å². The van der Waals surface area contributed by atoms with Crippen LogP contribution in [0, 0.1) is 0 Å². The van der Waals surface area contributed by atoms with Crippen LogP contribution in [-0.4, -0.2) is 52.3 Å². The van der Waals surface area contributed by atoms with Gasteiger partial charge in [0.05, 0.1) is 12.8 Å². The van der Waals surface area contributed by atoms with Gasteiger partial charge in [-0.1, -0.05) is 18.2 Å². The zero-order valence-electron chi connectivity index (χ0n) is 12.3. The molecule has 1 unspecified atom stereocenters. The molecule has 23 heavy (non-hydrogen) atoms. The van der Waals surface area contributed by atoms with Crippen LogP contribution >= 0.6 is 11.8 Å². The van der Waals surface area contributed by atoms with Crippen LogP contribution in [0.5, 0.6) is 5.75 Å². The van der Waals surface area contributed by atoms with Crippen molar-refractivity contribution >= 4 is 29.7 Å². The zero-order chi connectivity index (χ0) is 17.1. The SMILES string of the molecule is O=C(O)CC(SCCC(=O)OCCOc1ccccc1)C(=O)O. The molecule has 8 heteroatoms. The Morgan fingerprint density at radius 1 is 1.09 bits per heavy atom. The first-order valence-corrected chi connectivity index (χ1v) is 7.93. The molecule has 0 aliphatic heterocycles. The first kappa shape index (κ1) is 18.8. The molecule has 0 saturated carbocycles. The molecule has 0 heterocycles. The normalized spacial score (nSPS) is 11.5. The maximum Gasteiger partial charge on any atom is 0.317 e. The number of aliphatic carboxylic acids is 2. The highest BCUT2D eigenvalue weighted by molar-refractivity contribution is 8.00. The molecule has 1 aromatic rings. The summed E-state index contributed by atoms with van der Waals surface area (Å²) >= 11 is 0.910. The number of thioether (sulfide) groups is 1. The fourth-order valence-electron chi connectivity index (χ4n) is 1.56. The number of carbonyl (C=O) groups is 3. The van der Waals surface area contributed by atoms with E-state index in [9.17, 15) is 14.4 Å². The molecule has 0 aromatic heterocycles. The smallest absolute Gasteiger partial charge is 0.317 e. The van der Waals surface area contributed by atoms with E-state index < -0.39 is 29.6 Å². The minimum Gasteiger partial charge on any atom is -0.490 e. The summed E-state index contributed by atoms with van der Waals surface area (Å²) in [5.41, 5.74) is 0. The lowest BCUT2D eigenvalue weighted by molar-refractivity contribution is -0.144. The molecule has 0 bridgehead atoms. The number of rotatable bonds is 11. The summed E-state index contributed by atoms with van der Waals surface area (Å²) in [7, 11) is 0. The molecule has 0 amide bonds. The Kier molecular flexibility index (Phi) is 8.59. The summed E-state index contributed by atoms with van der Waals surface area (Å²) in [6, 6.07) is 9.09. The molecule has 7 nitrogen and oxygen atoms in total. The Morgan fingerprint density at radius 3 is 2.39 bits per heavy atom. The average molecular weight is 342 g/mol. The van der Waals surface area contributed by atoms with Crippen LogP contribution in [0.2, 0.25) is 0 Å². The van der Waals surface area contributed by atoms with Crippen LogP contribution in [0.15, 0.2) is 30.3 Å². The minimum absolute atomic E-state index is 0.0133. The van der Waals surface area contributed by atoms with E-state index in [-0.39, 0.29) is 25.4 Å². The van der Waals surface area contributed by atoms with Gasteiger partial charge < -0.3 is 19.7 Å². The lowest BCUT2D eigenvalue weighted by Gasteiger charge is -2.10. The lowest BCUT2D eigenvalue weighted by Crippen LogP contribution is -2.21. The van der Waals surface area contributed by atoms with Crippen LogP contribution in [0.25, 0.3) is 0 Å². The quantitative estimate of drug-likeness (QED) is 0.461. The number of benzene rings is 1. The van der Waals surface area contributed by atoms with Crippen molar-refractivity contribution in [1.82, 2.24) is 0 Å². The van der Waals surface area contributed by atoms with Crippen molar-refractivity contribution in [3.05, 3.63) is 30.3 Å². The Balaban J connectivity index is 2.14. The molecule has 1 atom stereocenters. The highest BCUT2D eigenvalue weighted by Gasteiger charge is 2.21. The number of carboxylic acids is 2. The summed E-state index contributed by atoms with van der Waals surface area (Å²) in [6.07, 6.45) is -0.473. The molecule has 0 aliphatic rings. The number of esters is 1. The van der Waals surface area contributed by atoms with Crippen molar-refractivity contribution < 1.29 is 34.1 Å². The van der Waals surface area contributed by atoms with E-state index in [1.54, 1.807) is 12.1 Å². The summed E-state index contributed by atoms with van der Waals surface area (Å²) in [4.78, 5) is 32.8. The molecule has 126 valence electrons. The van der Waals surface area contributed by atoms with Gasteiger partial charge in [-0.2, -0.15) is 0 Å².